The maximum Gasteiger partial charge on any atom is 0.303 e. The van der Waals surface area contributed by atoms with Gasteiger partial charge in [-0.2, -0.15) is 0 Å². The van der Waals surface area contributed by atoms with Crippen LogP contribution < -0.4 is 0 Å². The molecule has 4 heteroatoms. The highest BCUT2D eigenvalue weighted by molar-refractivity contribution is 5.66. The van der Waals surface area contributed by atoms with Gasteiger partial charge < -0.3 is 15.3 Å². The molecule has 0 aliphatic heterocycles. The van der Waals surface area contributed by atoms with Gasteiger partial charge in [0, 0.05) is 6.42 Å². The topological polar surface area (TPSA) is 77.8 Å². The molecule has 0 amide bonds. The highest BCUT2D eigenvalue weighted by atomic mass is 16.4. The van der Waals surface area contributed by atoms with Crippen molar-refractivity contribution in [3.05, 3.63) is 29.8 Å². The molecule has 0 aliphatic rings. The number of benzene rings is 1. The Labute approximate surface area is 81.4 Å². The van der Waals surface area contributed by atoms with Gasteiger partial charge in [0.25, 0.3) is 0 Å². The Balaban J connectivity index is 2.56. The molecule has 0 saturated heterocycles. The van der Waals surface area contributed by atoms with Gasteiger partial charge in [0.1, 0.15) is 5.75 Å². The Hall–Kier alpha value is -1.55. The van der Waals surface area contributed by atoms with Crippen LogP contribution in [0.1, 0.15) is 24.5 Å². The molecule has 0 aliphatic carbocycles. The number of hydrogen-bond acceptors (Lipinski definition) is 3. The molecule has 1 aromatic carbocycles. The van der Waals surface area contributed by atoms with Crippen molar-refractivity contribution >= 4 is 5.97 Å². The van der Waals surface area contributed by atoms with E-state index in [9.17, 15) is 9.90 Å². The molecule has 4 nitrogen and oxygen atoms in total. The van der Waals surface area contributed by atoms with Crippen LogP contribution in [0.25, 0.3) is 0 Å². The summed E-state index contributed by atoms with van der Waals surface area (Å²) in [4.78, 5) is 10.2. The fraction of sp³-hybridized carbons (Fsp3) is 0.300. The number of phenolic OH excluding ortho intramolecular Hbond substituents is 1. The molecule has 0 radical (unpaired) electrons. The lowest BCUT2D eigenvalue weighted by Crippen LogP contribution is -2.02. The van der Waals surface area contributed by atoms with Crippen LogP contribution >= 0.6 is 0 Å². The number of hydrogen-bond donors (Lipinski definition) is 3. The van der Waals surface area contributed by atoms with E-state index in [1.165, 1.54) is 12.1 Å². The van der Waals surface area contributed by atoms with Crippen LogP contribution in [0, 0.1) is 0 Å². The maximum absolute atomic E-state index is 10.2. The van der Waals surface area contributed by atoms with E-state index in [0.29, 0.717) is 5.56 Å². The molecule has 1 aromatic rings. The highest BCUT2D eigenvalue weighted by Gasteiger charge is 2.09. The fourth-order valence-electron chi connectivity index (χ4n) is 1.12. The Kier molecular flexibility index (Phi) is 3.48. The average molecular weight is 196 g/mol. The second-order valence-electron chi connectivity index (χ2n) is 3.04. The first-order chi connectivity index (χ1) is 6.59. The van der Waals surface area contributed by atoms with Gasteiger partial charge in [-0.05, 0) is 24.1 Å². The number of aliphatic hydroxyl groups excluding tert-OH is 1. The first-order valence-electron chi connectivity index (χ1n) is 4.28. The summed E-state index contributed by atoms with van der Waals surface area (Å²) in [5.74, 6) is -0.804. The standard InChI is InChI=1S/C10H12O4/c11-8-3-1-7(2-4-8)9(12)5-6-10(13)14/h1-4,9,11-12H,5-6H2,(H,13,14). The predicted octanol–water partition coefficient (Wildman–Crippen LogP) is 1.29. The minimum absolute atomic E-state index is 0.0674. The SMILES string of the molecule is O=C(O)CCC(O)c1ccc(O)cc1. The number of carboxylic acid groups (broad SMARTS) is 1. The molecule has 1 rings (SSSR count). The molecular formula is C10H12O4. The molecule has 0 heterocycles. The van der Waals surface area contributed by atoms with Crippen molar-refractivity contribution in [2.75, 3.05) is 0 Å². The van der Waals surface area contributed by atoms with Gasteiger partial charge >= 0.3 is 5.97 Å². The first-order valence-corrected chi connectivity index (χ1v) is 4.28. The number of aliphatic carboxylic acids is 1. The van der Waals surface area contributed by atoms with Crippen LogP contribution in [0.3, 0.4) is 0 Å². The lowest BCUT2D eigenvalue weighted by Gasteiger charge is -2.08. The smallest absolute Gasteiger partial charge is 0.303 e. The van der Waals surface area contributed by atoms with Crippen molar-refractivity contribution in [1.29, 1.82) is 0 Å². The second-order valence-corrected chi connectivity index (χ2v) is 3.04. The van der Waals surface area contributed by atoms with Gasteiger partial charge in [-0.25, -0.2) is 0 Å². The number of carboxylic acids is 1. The van der Waals surface area contributed by atoms with Crippen LogP contribution in [-0.4, -0.2) is 21.3 Å². The number of phenols is 1. The molecule has 0 fully saturated rings. The zero-order valence-electron chi connectivity index (χ0n) is 7.55. The normalized spacial score (nSPS) is 12.4. The molecule has 1 atom stereocenters. The second kappa shape index (κ2) is 4.62. The molecule has 0 bridgehead atoms. The third-order valence-electron chi connectivity index (χ3n) is 1.91. The van der Waals surface area contributed by atoms with E-state index in [1.807, 2.05) is 0 Å². The van der Waals surface area contributed by atoms with Crippen LogP contribution in [0.2, 0.25) is 0 Å². The lowest BCUT2D eigenvalue weighted by molar-refractivity contribution is -0.137. The maximum atomic E-state index is 10.2. The first kappa shape index (κ1) is 10.5. The summed E-state index contributed by atoms with van der Waals surface area (Å²) in [7, 11) is 0. The fourth-order valence-corrected chi connectivity index (χ4v) is 1.12. The van der Waals surface area contributed by atoms with E-state index in [1.54, 1.807) is 12.1 Å². The predicted molar refractivity (Wildman–Crippen MR) is 49.9 cm³/mol. The quantitative estimate of drug-likeness (QED) is 0.678. The molecule has 3 N–H and O–H groups in total. The average Bonchev–Trinajstić information content (AvgIpc) is 2.15. The Bertz CT molecular complexity index is 304. The Morgan fingerprint density at radius 3 is 2.36 bits per heavy atom. The number of aliphatic hydroxyl groups is 1. The Morgan fingerprint density at radius 1 is 1.29 bits per heavy atom. The monoisotopic (exact) mass is 196 g/mol. The summed E-state index contributed by atoms with van der Waals surface area (Å²) in [6.07, 6.45) is -0.672. The van der Waals surface area contributed by atoms with E-state index in [2.05, 4.69) is 0 Å². The molecule has 14 heavy (non-hydrogen) atoms. The number of aromatic hydroxyl groups is 1. The third-order valence-corrected chi connectivity index (χ3v) is 1.91. The van der Waals surface area contributed by atoms with Crippen LogP contribution in [0.4, 0.5) is 0 Å². The number of carbonyl (C=O) groups is 1. The van der Waals surface area contributed by atoms with Gasteiger partial charge in [-0.1, -0.05) is 12.1 Å². The molecule has 0 spiro atoms. The van der Waals surface area contributed by atoms with Crippen molar-refractivity contribution in [2.24, 2.45) is 0 Å². The lowest BCUT2D eigenvalue weighted by atomic mass is 10.1. The zero-order chi connectivity index (χ0) is 10.6. The minimum Gasteiger partial charge on any atom is -0.508 e. The summed E-state index contributed by atoms with van der Waals surface area (Å²) in [6.45, 7) is 0. The zero-order valence-corrected chi connectivity index (χ0v) is 7.55. The number of rotatable bonds is 4. The van der Waals surface area contributed by atoms with Crippen molar-refractivity contribution in [1.82, 2.24) is 0 Å². The highest BCUT2D eigenvalue weighted by Crippen LogP contribution is 2.20. The Morgan fingerprint density at radius 2 is 1.86 bits per heavy atom. The van der Waals surface area contributed by atoms with Crippen molar-refractivity contribution < 1.29 is 20.1 Å². The molecule has 0 saturated carbocycles. The summed E-state index contributed by atoms with van der Waals surface area (Å²) in [5.41, 5.74) is 0.615. The largest absolute Gasteiger partial charge is 0.508 e. The van der Waals surface area contributed by atoms with Gasteiger partial charge in [-0.3, -0.25) is 4.79 Å². The van der Waals surface area contributed by atoms with Crippen LogP contribution in [0.5, 0.6) is 5.75 Å². The van der Waals surface area contributed by atoms with Crippen molar-refractivity contribution in [2.45, 2.75) is 18.9 Å². The van der Waals surface area contributed by atoms with E-state index >= 15 is 0 Å². The van der Waals surface area contributed by atoms with E-state index in [0.717, 1.165) is 0 Å². The van der Waals surface area contributed by atoms with E-state index < -0.39 is 12.1 Å². The van der Waals surface area contributed by atoms with Crippen molar-refractivity contribution in [3.8, 4) is 5.75 Å². The summed E-state index contributed by atoms with van der Waals surface area (Å²) in [5, 5.41) is 26.9. The van der Waals surface area contributed by atoms with Gasteiger partial charge in [-0.15, -0.1) is 0 Å². The van der Waals surface area contributed by atoms with Crippen LogP contribution in [0.15, 0.2) is 24.3 Å². The van der Waals surface area contributed by atoms with Gasteiger partial charge in [0.15, 0.2) is 0 Å². The molecule has 76 valence electrons. The summed E-state index contributed by atoms with van der Waals surface area (Å²) in [6, 6.07) is 6.06. The summed E-state index contributed by atoms with van der Waals surface area (Å²) < 4.78 is 0. The molecular weight excluding hydrogens is 184 g/mol. The van der Waals surface area contributed by atoms with Crippen molar-refractivity contribution in [3.63, 3.8) is 0 Å². The minimum atomic E-state index is -0.928. The van der Waals surface area contributed by atoms with Gasteiger partial charge in [0.2, 0.25) is 0 Å². The van der Waals surface area contributed by atoms with Gasteiger partial charge in [0.05, 0.1) is 6.10 Å². The van der Waals surface area contributed by atoms with E-state index in [4.69, 9.17) is 10.2 Å². The molecule has 0 aromatic heterocycles. The van der Waals surface area contributed by atoms with E-state index in [-0.39, 0.29) is 18.6 Å². The molecule has 1 unspecified atom stereocenters. The third kappa shape index (κ3) is 3.06. The van der Waals surface area contributed by atoms with Crippen LogP contribution in [-0.2, 0) is 4.79 Å². The summed E-state index contributed by atoms with van der Waals surface area (Å²) >= 11 is 0.